The van der Waals surface area contributed by atoms with Gasteiger partial charge in [-0.05, 0) is 53.4 Å². The molecule has 0 unspecified atom stereocenters. The highest BCUT2D eigenvalue weighted by Crippen LogP contribution is 2.41. The molecule has 1 N–H and O–H groups in total. The smallest absolute Gasteiger partial charge is 0.337 e. The fraction of sp³-hybridized carbons (Fsp3) is 0.231. The summed E-state index contributed by atoms with van der Waals surface area (Å²) in [6.07, 6.45) is 0.675. The van der Waals surface area contributed by atoms with Gasteiger partial charge >= 0.3 is 12.0 Å². The molecular formula is C26H26N2O5. The number of benzene rings is 3. The first-order valence-electron chi connectivity index (χ1n) is 10.6. The third kappa shape index (κ3) is 4.48. The summed E-state index contributed by atoms with van der Waals surface area (Å²) in [6, 6.07) is 20.0. The molecule has 0 aromatic heterocycles. The Balaban J connectivity index is 1.71. The van der Waals surface area contributed by atoms with Gasteiger partial charge in [0.1, 0.15) is 0 Å². The van der Waals surface area contributed by atoms with Gasteiger partial charge in [0.15, 0.2) is 11.5 Å². The molecule has 0 saturated heterocycles. The van der Waals surface area contributed by atoms with Crippen LogP contribution in [0.15, 0.2) is 66.7 Å². The van der Waals surface area contributed by atoms with Gasteiger partial charge in [-0.2, -0.15) is 0 Å². The number of carbonyl (C=O) groups is 2. The molecule has 0 radical (unpaired) electrons. The number of rotatable bonds is 5. The molecule has 3 aromatic carbocycles. The molecule has 1 atom stereocenters. The third-order valence-electron chi connectivity index (χ3n) is 5.78. The minimum absolute atomic E-state index is 0.258. The Kier molecular flexibility index (Phi) is 6.49. The van der Waals surface area contributed by atoms with Crippen LogP contribution in [0.2, 0.25) is 0 Å². The molecular weight excluding hydrogens is 420 g/mol. The summed E-state index contributed by atoms with van der Waals surface area (Å²) in [5.74, 6) is 0.826. The van der Waals surface area contributed by atoms with Gasteiger partial charge in [0.25, 0.3) is 0 Å². The number of fused-ring (bicyclic) bond motifs is 1. The number of ether oxygens (including phenoxy) is 3. The second-order valence-electron chi connectivity index (χ2n) is 7.67. The average molecular weight is 447 g/mol. The van der Waals surface area contributed by atoms with Crippen LogP contribution < -0.4 is 14.8 Å². The lowest BCUT2D eigenvalue weighted by Crippen LogP contribution is -2.43. The standard InChI is InChI=1S/C26H26N2O5/c1-31-22-15-18-12-13-28(26(30)27-20-11-7-10-19(14-20)25(29)33-3)24(17-8-5-4-6-9-17)21(18)16-23(22)32-2/h4-11,14-16,24H,12-13H2,1-3H3,(H,27,30)/t24-/m0/s1. The summed E-state index contributed by atoms with van der Waals surface area (Å²) in [5.41, 5.74) is 3.98. The van der Waals surface area contributed by atoms with Gasteiger partial charge in [-0.15, -0.1) is 0 Å². The summed E-state index contributed by atoms with van der Waals surface area (Å²) in [4.78, 5) is 27.1. The van der Waals surface area contributed by atoms with E-state index < -0.39 is 5.97 Å². The highest BCUT2D eigenvalue weighted by Gasteiger charge is 2.33. The minimum Gasteiger partial charge on any atom is -0.493 e. The zero-order valence-electron chi connectivity index (χ0n) is 18.8. The molecule has 7 nitrogen and oxygen atoms in total. The molecule has 1 heterocycles. The van der Waals surface area contributed by atoms with E-state index in [9.17, 15) is 9.59 Å². The number of esters is 1. The van der Waals surface area contributed by atoms with Crippen LogP contribution in [0, 0.1) is 0 Å². The topological polar surface area (TPSA) is 77.1 Å². The van der Waals surface area contributed by atoms with Crippen molar-refractivity contribution in [2.75, 3.05) is 33.2 Å². The van der Waals surface area contributed by atoms with Crippen LogP contribution in [0.5, 0.6) is 11.5 Å². The zero-order chi connectivity index (χ0) is 23.4. The van der Waals surface area contributed by atoms with Crippen molar-refractivity contribution in [3.05, 3.63) is 89.0 Å². The lowest BCUT2D eigenvalue weighted by molar-refractivity contribution is 0.0600. The number of nitrogens with one attached hydrogen (secondary N) is 1. The number of hydrogen-bond donors (Lipinski definition) is 1. The zero-order valence-corrected chi connectivity index (χ0v) is 18.8. The van der Waals surface area contributed by atoms with Crippen molar-refractivity contribution in [1.29, 1.82) is 0 Å². The number of anilines is 1. The molecule has 1 aliphatic heterocycles. The number of carbonyl (C=O) groups excluding carboxylic acids is 2. The molecule has 7 heteroatoms. The van der Waals surface area contributed by atoms with Crippen molar-refractivity contribution < 1.29 is 23.8 Å². The van der Waals surface area contributed by atoms with E-state index in [1.165, 1.54) is 7.11 Å². The van der Waals surface area contributed by atoms with Gasteiger partial charge in [-0.1, -0.05) is 36.4 Å². The quantitative estimate of drug-likeness (QED) is 0.577. The maximum absolute atomic E-state index is 13.4. The molecule has 4 rings (SSSR count). The molecule has 2 amide bonds. The lowest BCUT2D eigenvalue weighted by atomic mass is 9.88. The largest absolute Gasteiger partial charge is 0.493 e. The van der Waals surface area contributed by atoms with Crippen molar-refractivity contribution in [1.82, 2.24) is 4.90 Å². The molecule has 0 bridgehead atoms. The van der Waals surface area contributed by atoms with E-state index >= 15 is 0 Å². The maximum atomic E-state index is 13.4. The number of methoxy groups -OCH3 is 3. The Labute approximate surface area is 192 Å². The first-order valence-corrected chi connectivity index (χ1v) is 10.6. The average Bonchev–Trinajstić information content (AvgIpc) is 2.87. The van der Waals surface area contributed by atoms with Crippen molar-refractivity contribution in [2.24, 2.45) is 0 Å². The Morgan fingerprint density at radius 3 is 2.33 bits per heavy atom. The summed E-state index contributed by atoms with van der Waals surface area (Å²) < 4.78 is 15.8. The predicted molar refractivity (Wildman–Crippen MR) is 125 cm³/mol. The third-order valence-corrected chi connectivity index (χ3v) is 5.78. The Hall–Kier alpha value is -4.00. The van der Waals surface area contributed by atoms with Crippen molar-refractivity contribution in [3.63, 3.8) is 0 Å². The van der Waals surface area contributed by atoms with E-state index in [0.29, 0.717) is 35.7 Å². The number of amides is 2. The van der Waals surface area contributed by atoms with Gasteiger partial charge in [-0.25, -0.2) is 9.59 Å². The fourth-order valence-corrected chi connectivity index (χ4v) is 4.20. The highest BCUT2D eigenvalue weighted by atomic mass is 16.5. The lowest BCUT2D eigenvalue weighted by Gasteiger charge is -2.38. The van der Waals surface area contributed by atoms with E-state index in [0.717, 1.165) is 16.7 Å². The summed E-state index contributed by atoms with van der Waals surface area (Å²) in [6.45, 7) is 0.518. The monoisotopic (exact) mass is 446 g/mol. The number of urea groups is 1. The Morgan fingerprint density at radius 1 is 0.909 bits per heavy atom. The van der Waals surface area contributed by atoms with Gasteiger partial charge in [0.05, 0.1) is 32.9 Å². The number of nitrogens with zero attached hydrogens (tertiary/aromatic N) is 1. The summed E-state index contributed by atoms with van der Waals surface area (Å²) >= 11 is 0. The second kappa shape index (κ2) is 9.65. The predicted octanol–water partition coefficient (Wildman–Crippen LogP) is 4.67. The molecule has 0 fully saturated rings. The van der Waals surface area contributed by atoms with Crippen LogP contribution >= 0.6 is 0 Å². The fourth-order valence-electron chi connectivity index (χ4n) is 4.20. The molecule has 0 saturated carbocycles. The normalized spacial score (nSPS) is 14.8. The van der Waals surface area contributed by atoms with E-state index in [2.05, 4.69) is 5.32 Å². The van der Waals surface area contributed by atoms with Crippen LogP contribution in [0.4, 0.5) is 10.5 Å². The maximum Gasteiger partial charge on any atom is 0.337 e. The number of hydrogen-bond acceptors (Lipinski definition) is 5. The Bertz CT molecular complexity index is 1160. The van der Waals surface area contributed by atoms with E-state index in [4.69, 9.17) is 14.2 Å². The highest BCUT2D eigenvalue weighted by molar-refractivity contribution is 5.94. The van der Waals surface area contributed by atoms with Gasteiger partial charge < -0.3 is 24.4 Å². The summed E-state index contributed by atoms with van der Waals surface area (Å²) in [5, 5.41) is 2.94. The summed E-state index contributed by atoms with van der Waals surface area (Å²) in [7, 11) is 4.54. The van der Waals surface area contributed by atoms with Gasteiger partial charge in [-0.3, -0.25) is 0 Å². The van der Waals surface area contributed by atoms with Crippen LogP contribution in [-0.4, -0.2) is 44.8 Å². The van der Waals surface area contributed by atoms with Gasteiger partial charge in [0, 0.05) is 12.2 Å². The SMILES string of the molecule is COC(=O)c1cccc(NC(=O)N2CCc3cc(OC)c(OC)cc3[C@@H]2c2ccccc2)c1. The van der Waals surface area contributed by atoms with E-state index in [-0.39, 0.29) is 12.1 Å². The Morgan fingerprint density at radius 2 is 1.64 bits per heavy atom. The molecule has 33 heavy (non-hydrogen) atoms. The van der Waals surface area contributed by atoms with Crippen molar-refractivity contribution >= 4 is 17.7 Å². The van der Waals surface area contributed by atoms with Crippen molar-refractivity contribution in [2.45, 2.75) is 12.5 Å². The van der Waals surface area contributed by atoms with Crippen molar-refractivity contribution in [3.8, 4) is 11.5 Å². The van der Waals surface area contributed by atoms with Gasteiger partial charge in [0.2, 0.25) is 0 Å². The molecule has 170 valence electrons. The van der Waals surface area contributed by atoms with Crippen LogP contribution in [0.1, 0.15) is 33.1 Å². The molecule has 1 aliphatic rings. The van der Waals surface area contributed by atoms with Crippen LogP contribution in [0.3, 0.4) is 0 Å². The van der Waals surface area contributed by atoms with E-state index in [1.54, 1.807) is 43.4 Å². The van der Waals surface area contributed by atoms with Crippen LogP contribution in [0.25, 0.3) is 0 Å². The molecule has 0 aliphatic carbocycles. The minimum atomic E-state index is -0.457. The van der Waals surface area contributed by atoms with Crippen LogP contribution in [-0.2, 0) is 11.2 Å². The molecule has 0 spiro atoms. The van der Waals surface area contributed by atoms with E-state index in [1.807, 2.05) is 42.5 Å². The first-order chi connectivity index (χ1) is 16.0. The molecule has 3 aromatic rings. The second-order valence-corrected chi connectivity index (χ2v) is 7.67. The first kappa shape index (κ1) is 22.2.